The van der Waals surface area contributed by atoms with E-state index in [1.54, 1.807) is 24.3 Å². The summed E-state index contributed by atoms with van der Waals surface area (Å²) in [5.41, 5.74) is 1.59. The second kappa shape index (κ2) is 8.57. The number of aromatic nitrogens is 2. The van der Waals surface area contributed by atoms with Crippen LogP contribution in [-0.2, 0) is 0 Å². The Balaban J connectivity index is 1.66. The highest BCUT2D eigenvalue weighted by molar-refractivity contribution is 5.99. The molecule has 0 fully saturated rings. The standard InChI is InChI=1S/C23H23F3N4O2/c1-14(15-7-4-3-5-8-15)28-22(31)18-13-27-30-20(23(24,25)26)12-19(29-21(18)30)16-9-6-10-17(11-16)32-2/h3-11,13-14,19-20,29H,12H2,1-2H3,(H,28,31)/t14-,19-,20+/m1/s1. The number of nitrogens with one attached hydrogen (secondary N) is 2. The van der Waals surface area contributed by atoms with Gasteiger partial charge in [-0.05, 0) is 30.2 Å². The van der Waals surface area contributed by atoms with Gasteiger partial charge in [0, 0.05) is 6.42 Å². The van der Waals surface area contributed by atoms with E-state index in [1.807, 2.05) is 37.3 Å². The lowest BCUT2D eigenvalue weighted by atomic mass is 9.96. The number of rotatable bonds is 5. The maximum atomic E-state index is 13.9. The molecule has 1 amide bonds. The van der Waals surface area contributed by atoms with Crippen LogP contribution in [0.5, 0.6) is 5.75 Å². The number of methoxy groups -OCH3 is 1. The average molecular weight is 444 g/mol. The minimum absolute atomic E-state index is 0.0455. The van der Waals surface area contributed by atoms with Crippen molar-refractivity contribution in [2.45, 2.75) is 37.6 Å². The van der Waals surface area contributed by atoms with Crippen LogP contribution in [0, 0.1) is 0 Å². The van der Waals surface area contributed by atoms with Crippen LogP contribution in [0.2, 0.25) is 0 Å². The zero-order valence-electron chi connectivity index (χ0n) is 17.6. The SMILES string of the molecule is COc1cccc([C@H]2C[C@@H](C(F)(F)F)n3ncc(C(=O)N[C@H](C)c4ccccc4)c3N2)c1. The number of anilines is 1. The molecule has 9 heteroatoms. The number of alkyl halides is 3. The zero-order valence-corrected chi connectivity index (χ0v) is 17.6. The number of halogens is 3. The third-order valence-electron chi connectivity index (χ3n) is 5.63. The lowest BCUT2D eigenvalue weighted by molar-refractivity contribution is -0.173. The molecule has 0 saturated heterocycles. The molecule has 32 heavy (non-hydrogen) atoms. The Morgan fingerprint density at radius 2 is 1.97 bits per heavy atom. The van der Waals surface area contributed by atoms with Gasteiger partial charge in [0.2, 0.25) is 0 Å². The van der Waals surface area contributed by atoms with Gasteiger partial charge in [-0.1, -0.05) is 42.5 Å². The molecule has 1 aliphatic rings. The van der Waals surface area contributed by atoms with Crippen molar-refractivity contribution in [2.75, 3.05) is 12.4 Å². The van der Waals surface area contributed by atoms with Crippen molar-refractivity contribution >= 4 is 11.7 Å². The predicted octanol–water partition coefficient (Wildman–Crippen LogP) is 5.04. The Morgan fingerprint density at radius 1 is 1.22 bits per heavy atom. The lowest BCUT2D eigenvalue weighted by Crippen LogP contribution is -2.36. The molecule has 0 spiro atoms. The van der Waals surface area contributed by atoms with E-state index >= 15 is 0 Å². The number of nitrogens with zero attached hydrogens (tertiary/aromatic N) is 2. The van der Waals surface area contributed by atoms with Gasteiger partial charge in [-0.2, -0.15) is 18.3 Å². The Hall–Kier alpha value is -3.49. The summed E-state index contributed by atoms with van der Waals surface area (Å²) >= 11 is 0. The van der Waals surface area contributed by atoms with Crippen LogP contribution in [-0.4, -0.2) is 29.0 Å². The smallest absolute Gasteiger partial charge is 0.410 e. The van der Waals surface area contributed by atoms with Gasteiger partial charge in [0.25, 0.3) is 5.91 Å². The van der Waals surface area contributed by atoms with E-state index in [9.17, 15) is 18.0 Å². The Kier molecular flexibility index (Phi) is 5.82. The first-order valence-electron chi connectivity index (χ1n) is 10.2. The summed E-state index contributed by atoms with van der Waals surface area (Å²) < 4.78 is 47.7. The fourth-order valence-corrected chi connectivity index (χ4v) is 3.91. The maximum absolute atomic E-state index is 13.9. The molecule has 4 rings (SSSR count). The van der Waals surface area contributed by atoms with Crippen LogP contribution < -0.4 is 15.4 Å². The summed E-state index contributed by atoms with van der Waals surface area (Å²) in [7, 11) is 1.50. The van der Waals surface area contributed by atoms with Gasteiger partial charge in [0.05, 0.1) is 25.4 Å². The van der Waals surface area contributed by atoms with Gasteiger partial charge < -0.3 is 15.4 Å². The van der Waals surface area contributed by atoms with E-state index in [4.69, 9.17) is 4.74 Å². The minimum Gasteiger partial charge on any atom is -0.497 e. The molecule has 2 aromatic carbocycles. The van der Waals surface area contributed by atoms with E-state index in [2.05, 4.69) is 15.7 Å². The van der Waals surface area contributed by atoms with E-state index in [1.165, 1.54) is 13.3 Å². The largest absolute Gasteiger partial charge is 0.497 e. The van der Waals surface area contributed by atoms with Gasteiger partial charge in [-0.3, -0.25) is 4.79 Å². The summed E-state index contributed by atoms with van der Waals surface area (Å²) in [6, 6.07) is 13.3. The first-order valence-corrected chi connectivity index (χ1v) is 10.2. The van der Waals surface area contributed by atoms with Gasteiger partial charge in [-0.25, -0.2) is 4.68 Å². The molecule has 6 nitrogen and oxygen atoms in total. The third kappa shape index (κ3) is 4.28. The van der Waals surface area contributed by atoms with Crippen LogP contribution in [0.15, 0.2) is 60.8 Å². The highest BCUT2D eigenvalue weighted by atomic mass is 19.4. The van der Waals surface area contributed by atoms with Crippen molar-refractivity contribution in [1.29, 1.82) is 0 Å². The van der Waals surface area contributed by atoms with Crippen molar-refractivity contribution < 1.29 is 22.7 Å². The van der Waals surface area contributed by atoms with E-state index < -0.39 is 24.2 Å². The van der Waals surface area contributed by atoms with Crippen LogP contribution in [0.25, 0.3) is 0 Å². The zero-order chi connectivity index (χ0) is 22.9. The third-order valence-corrected chi connectivity index (χ3v) is 5.63. The quantitative estimate of drug-likeness (QED) is 0.578. The van der Waals surface area contributed by atoms with E-state index in [0.29, 0.717) is 11.3 Å². The summed E-state index contributed by atoms with van der Waals surface area (Å²) in [5.74, 6) is 0.0908. The Morgan fingerprint density at radius 3 is 2.66 bits per heavy atom. The molecule has 3 atom stereocenters. The van der Waals surface area contributed by atoms with Crippen molar-refractivity contribution in [1.82, 2.24) is 15.1 Å². The minimum atomic E-state index is -4.52. The summed E-state index contributed by atoms with van der Waals surface area (Å²) in [4.78, 5) is 13.0. The number of amides is 1. The van der Waals surface area contributed by atoms with Crippen molar-refractivity contribution in [3.8, 4) is 5.75 Å². The average Bonchev–Trinajstić information content (AvgIpc) is 3.22. The Bertz CT molecular complexity index is 1100. The molecular weight excluding hydrogens is 421 g/mol. The molecule has 0 unspecified atom stereocenters. The number of ether oxygens (including phenoxy) is 1. The molecule has 2 N–H and O–H groups in total. The molecule has 0 bridgehead atoms. The highest BCUT2D eigenvalue weighted by Gasteiger charge is 2.47. The van der Waals surface area contributed by atoms with Gasteiger partial charge >= 0.3 is 6.18 Å². The van der Waals surface area contributed by atoms with Gasteiger partial charge in [0.1, 0.15) is 17.1 Å². The molecule has 3 aromatic rings. The first-order chi connectivity index (χ1) is 15.3. The number of carbonyl (C=O) groups excluding carboxylic acids is 1. The van der Waals surface area contributed by atoms with Gasteiger partial charge in [0.15, 0.2) is 6.04 Å². The fourth-order valence-electron chi connectivity index (χ4n) is 3.91. The summed E-state index contributed by atoms with van der Waals surface area (Å²) in [6.45, 7) is 1.81. The van der Waals surface area contributed by atoms with Crippen molar-refractivity contribution in [3.05, 3.63) is 77.5 Å². The van der Waals surface area contributed by atoms with Crippen LogP contribution >= 0.6 is 0 Å². The lowest BCUT2D eigenvalue weighted by Gasteiger charge is -2.34. The van der Waals surface area contributed by atoms with Crippen LogP contribution in [0.3, 0.4) is 0 Å². The number of hydrogen-bond donors (Lipinski definition) is 2. The highest BCUT2D eigenvalue weighted by Crippen LogP contribution is 2.44. The predicted molar refractivity (Wildman–Crippen MR) is 114 cm³/mol. The molecule has 0 radical (unpaired) electrons. The summed E-state index contributed by atoms with van der Waals surface area (Å²) in [5, 5.41) is 9.85. The number of benzene rings is 2. The molecule has 2 heterocycles. The van der Waals surface area contributed by atoms with Crippen molar-refractivity contribution in [2.24, 2.45) is 0 Å². The molecule has 1 aliphatic heterocycles. The normalized spacial score (nSPS) is 18.9. The molecular formula is C23H23F3N4O2. The summed E-state index contributed by atoms with van der Waals surface area (Å²) in [6.07, 6.45) is -3.60. The second-order valence-electron chi connectivity index (χ2n) is 7.72. The molecule has 0 aliphatic carbocycles. The first kappa shape index (κ1) is 21.7. The number of fused-ring (bicyclic) bond motifs is 1. The number of hydrogen-bond acceptors (Lipinski definition) is 4. The van der Waals surface area contributed by atoms with E-state index in [0.717, 1.165) is 10.2 Å². The topological polar surface area (TPSA) is 68.2 Å². The second-order valence-corrected chi connectivity index (χ2v) is 7.72. The maximum Gasteiger partial charge on any atom is 0.410 e. The van der Waals surface area contributed by atoms with Crippen LogP contribution in [0.1, 0.15) is 53.0 Å². The van der Waals surface area contributed by atoms with E-state index in [-0.39, 0.29) is 23.8 Å². The molecule has 168 valence electrons. The van der Waals surface area contributed by atoms with Gasteiger partial charge in [-0.15, -0.1) is 0 Å². The fraction of sp³-hybridized carbons (Fsp3) is 0.304. The monoisotopic (exact) mass is 444 g/mol. The Labute approximate surface area is 183 Å². The molecule has 0 saturated carbocycles. The number of carbonyl (C=O) groups is 1. The van der Waals surface area contributed by atoms with Crippen molar-refractivity contribution in [3.63, 3.8) is 0 Å². The molecule has 1 aromatic heterocycles. The van der Waals surface area contributed by atoms with Crippen LogP contribution in [0.4, 0.5) is 19.0 Å².